The van der Waals surface area contributed by atoms with Crippen LogP contribution in [0.2, 0.25) is 0 Å². The van der Waals surface area contributed by atoms with Crippen LogP contribution in [0.5, 0.6) is 0 Å². The van der Waals surface area contributed by atoms with Crippen molar-refractivity contribution >= 4 is 0 Å². The molecule has 0 saturated heterocycles. The summed E-state index contributed by atoms with van der Waals surface area (Å²) in [5, 5.41) is 10.2. The standard InChI is InChI=1S/C28H42O/c1-18(2)19(3)7-8-20(4)24-11-12-25-23-10-9-21-17-22(29)13-15-27(21,5)26(23)14-16-28(24,25)6/h7-10,14,18-20,22,24-25,29H,11-13,15-17H2,1-6H3/t19?,20-,22+,24-,25+,27+,28-/m1/s1. The van der Waals surface area contributed by atoms with Gasteiger partial charge in [0.05, 0.1) is 6.10 Å². The highest BCUT2D eigenvalue weighted by Crippen LogP contribution is 2.63. The molecule has 4 rings (SSSR count). The SMILES string of the molecule is CC(C)C(C)C=C[C@@H](C)[C@H]1CC[C@H]2C3=CC=C4C[C@@H](O)CC[C@]4(C)C3=CC[C@]12C. The summed E-state index contributed by atoms with van der Waals surface area (Å²) in [6.45, 7) is 14.5. The van der Waals surface area contributed by atoms with E-state index in [4.69, 9.17) is 0 Å². The van der Waals surface area contributed by atoms with Crippen LogP contribution in [0.15, 0.2) is 47.1 Å². The summed E-state index contributed by atoms with van der Waals surface area (Å²) >= 11 is 0. The molecular formula is C28H42O. The minimum atomic E-state index is -0.143. The monoisotopic (exact) mass is 394 g/mol. The molecule has 7 atom stereocenters. The fourth-order valence-corrected chi connectivity index (χ4v) is 6.96. The Morgan fingerprint density at radius 3 is 2.52 bits per heavy atom. The molecule has 1 nitrogen and oxygen atoms in total. The van der Waals surface area contributed by atoms with E-state index in [0.717, 1.165) is 25.2 Å². The van der Waals surface area contributed by atoms with Crippen LogP contribution < -0.4 is 0 Å². The van der Waals surface area contributed by atoms with Crippen LogP contribution in [0.25, 0.3) is 0 Å². The summed E-state index contributed by atoms with van der Waals surface area (Å²) in [7, 11) is 0. The zero-order valence-electron chi connectivity index (χ0n) is 19.5. The average molecular weight is 395 g/mol. The quantitative estimate of drug-likeness (QED) is 0.498. The van der Waals surface area contributed by atoms with Crippen molar-refractivity contribution < 1.29 is 5.11 Å². The lowest BCUT2D eigenvalue weighted by atomic mass is 9.54. The summed E-state index contributed by atoms with van der Waals surface area (Å²) < 4.78 is 0. The second kappa shape index (κ2) is 7.56. The third-order valence-corrected chi connectivity index (χ3v) is 9.45. The van der Waals surface area contributed by atoms with Crippen LogP contribution in [0.4, 0.5) is 0 Å². The molecule has 160 valence electrons. The average Bonchev–Trinajstić information content (AvgIpc) is 3.03. The van der Waals surface area contributed by atoms with Crippen molar-refractivity contribution in [3.8, 4) is 0 Å². The molecule has 2 saturated carbocycles. The zero-order chi connectivity index (χ0) is 21.0. The second-order valence-electron chi connectivity index (χ2n) is 11.5. The second-order valence-corrected chi connectivity index (χ2v) is 11.5. The summed E-state index contributed by atoms with van der Waals surface area (Å²) in [5.74, 6) is 3.50. The Kier molecular flexibility index (Phi) is 5.52. The van der Waals surface area contributed by atoms with Crippen molar-refractivity contribution in [1.82, 2.24) is 0 Å². The third-order valence-electron chi connectivity index (χ3n) is 9.45. The van der Waals surface area contributed by atoms with Gasteiger partial charge in [-0.2, -0.15) is 0 Å². The highest BCUT2D eigenvalue weighted by molar-refractivity contribution is 5.53. The van der Waals surface area contributed by atoms with Crippen LogP contribution in [-0.2, 0) is 0 Å². The highest BCUT2D eigenvalue weighted by Gasteiger charge is 2.53. The molecule has 0 amide bonds. The van der Waals surface area contributed by atoms with E-state index in [-0.39, 0.29) is 11.5 Å². The largest absolute Gasteiger partial charge is 0.393 e. The number of hydrogen-bond acceptors (Lipinski definition) is 1. The normalized spacial score (nSPS) is 41.2. The van der Waals surface area contributed by atoms with Gasteiger partial charge in [0.1, 0.15) is 0 Å². The molecule has 0 aromatic heterocycles. The molecule has 0 spiro atoms. The van der Waals surface area contributed by atoms with Crippen LogP contribution >= 0.6 is 0 Å². The first-order valence-corrected chi connectivity index (χ1v) is 12.2. The maximum absolute atomic E-state index is 10.2. The Hall–Kier alpha value is -1.08. The van der Waals surface area contributed by atoms with Crippen LogP contribution in [0.3, 0.4) is 0 Å². The molecule has 4 aliphatic carbocycles. The predicted octanol–water partition coefficient (Wildman–Crippen LogP) is 7.25. The minimum absolute atomic E-state index is 0.143. The van der Waals surface area contributed by atoms with E-state index < -0.39 is 0 Å². The van der Waals surface area contributed by atoms with Gasteiger partial charge in [-0.1, -0.05) is 77.5 Å². The maximum atomic E-state index is 10.2. The van der Waals surface area contributed by atoms with Gasteiger partial charge in [-0.05, 0) is 84.7 Å². The summed E-state index contributed by atoms with van der Waals surface area (Å²) in [4.78, 5) is 0. The molecular weight excluding hydrogens is 352 g/mol. The molecule has 0 aliphatic heterocycles. The van der Waals surface area contributed by atoms with Gasteiger partial charge in [0.25, 0.3) is 0 Å². The lowest BCUT2D eigenvalue weighted by molar-refractivity contribution is 0.113. The Morgan fingerprint density at radius 1 is 1.03 bits per heavy atom. The topological polar surface area (TPSA) is 20.2 Å². The first-order valence-electron chi connectivity index (χ1n) is 12.2. The Bertz CT molecular complexity index is 765. The molecule has 4 aliphatic rings. The van der Waals surface area contributed by atoms with Gasteiger partial charge in [0.2, 0.25) is 0 Å². The summed E-state index contributed by atoms with van der Waals surface area (Å²) in [6.07, 6.45) is 19.1. The molecule has 0 heterocycles. The molecule has 0 radical (unpaired) electrons. The number of fused-ring (bicyclic) bond motifs is 5. The van der Waals surface area contributed by atoms with Crippen LogP contribution in [0, 0.1) is 40.4 Å². The predicted molar refractivity (Wildman–Crippen MR) is 123 cm³/mol. The summed E-state index contributed by atoms with van der Waals surface area (Å²) in [5.41, 5.74) is 5.26. The number of aliphatic hydroxyl groups is 1. The van der Waals surface area contributed by atoms with Crippen molar-refractivity contribution in [2.24, 2.45) is 40.4 Å². The number of hydrogen-bond donors (Lipinski definition) is 1. The lowest BCUT2D eigenvalue weighted by Crippen LogP contribution is -2.41. The minimum Gasteiger partial charge on any atom is -0.393 e. The summed E-state index contributed by atoms with van der Waals surface area (Å²) in [6, 6.07) is 0. The van der Waals surface area contributed by atoms with Gasteiger partial charge in [-0.3, -0.25) is 0 Å². The van der Waals surface area contributed by atoms with Gasteiger partial charge >= 0.3 is 0 Å². The molecule has 1 heteroatoms. The Morgan fingerprint density at radius 2 is 1.79 bits per heavy atom. The Balaban J connectivity index is 1.60. The zero-order valence-corrected chi connectivity index (χ0v) is 19.5. The van der Waals surface area contributed by atoms with E-state index in [1.54, 1.807) is 11.1 Å². The molecule has 29 heavy (non-hydrogen) atoms. The third kappa shape index (κ3) is 3.42. The van der Waals surface area contributed by atoms with Crippen molar-refractivity contribution in [2.75, 3.05) is 0 Å². The molecule has 0 aromatic carbocycles. The van der Waals surface area contributed by atoms with Gasteiger partial charge in [-0.25, -0.2) is 0 Å². The van der Waals surface area contributed by atoms with Crippen molar-refractivity contribution in [3.05, 3.63) is 47.1 Å². The van der Waals surface area contributed by atoms with Gasteiger partial charge in [0.15, 0.2) is 0 Å². The van der Waals surface area contributed by atoms with E-state index in [0.29, 0.717) is 29.1 Å². The lowest BCUT2D eigenvalue weighted by Gasteiger charge is -2.50. The first kappa shape index (κ1) is 21.2. The van der Waals surface area contributed by atoms with Crippen molar-refractivity contribution in [3.63, 3.8) is 0 Å². The Labute approximate surface area is 179 Å². The molecule has 1 N–H and O–H groups in total. The van der Waals surface area contributed by atoms with Crippen molar-refractivity contribution in [1.29, 1.82) is 0 Å². The fraction of sp³-hybridized carbons (Fsp3) is 0.714. The van der Waals surface area contributed by atoms with E-state index >= 15 is 0 Å². The maximum Gasteiger partial charge on any atom is 0.0578 e. The molecule has 0 aromatic rings. The van der Waals surface area contributed by atoms with Gasteiger partial charge < -0.3 is 5.11 Å². The van der Waals surface area contributed by atoms with E-state index in [1.165, 1.54) is 24.8 Å². The smallest absolute Gasteiger partial charge is 0.0578 e. The first-order chi connectivity index (χ1) is 13.7. The molecule has 0 bridgehead atoms. The van der Waals surface area contributed by atoms with Gasteiger partial charge in [0, 0.05) is 5.41 Å². The van der Waals surface area contributed by atoms with E-state index in [1.807, 2.05) is 0 Å². The van der Waals surface area contributed by atoms with E-state index in [9.17, 15) is 5.11 Å². The van der Waals surface area contributed by atoms with Crippen molar-refractivity contribution in [2.45, 2.75) is 86.2 Å². The molecule has 1 unspecified atom stereocenters. The number of aliphatic hydroxyl groups excluding tert-OH is 1. The number of allylic oxidation sites excluding steroid dienone is 7. The van der Waals surface area contributed by atoms with E-state index in [2.05, 4.69) is 71.9 Å². The van der Waals surface area contributed by atoms with Crippen LogP contribution in [0.1, 0.15) is 80.1 Å². The fourth-order valence-electron chi connectivity index (χ4n) is 6.96. The highest BCUT2D eigenvalue weighted by atomic mass is 16.3. The number of rotatable bonds is 4. The molecule has 2 fully saturated rings. The van der Waals surface area contributed by atoms with Crippen LogP contribution in [-0.4, -0.2) is 11.2 Å². The van der Waals surface area contributed by atoms with Gasteiger partial charge in [-0.15, -0.1) is 0 Å².